The molecule has 3 aliphatic carbocycles. The van der Waals surface area contributed by atoms with Crippen molar-refractivity contribution in [2.24, 2.45) is 5.41 Å². The molecule has 2 atom stereocenters. The Balaban J connectivity index is 2.07. The predicted octanol–water partition coefficient (Wildman–Crippen LogP) is 4.20. The number of aromatic nitrogens is 1. The lowest BCUT2D eigenvalue weighted by Crippen LogP contribution is -2.34. The molecule has 4 rings (SSSR count). The zero-order valence-corrected chi connectivity index (χ0v) is 15.9. The molecule has 136 valence electrons. The predicted molar refractivity (Wildman–Crippen MR) is 94.5 cm³/mol. The summed E-state index contributed by atoms with van der Waals surface area (Å²) in [6, 6.07) is 0. The minimum absolute atomic E-state index is 0.0735. The van der Waals surface area contributed by atoms with E-state index in [1.807, 2.05) is 20.8 Å². The second-order valence-electron chi connectivity index (χ2n) is 8.75. The van der Waals surface area contributed by atoms with E-state index in [0.29, 0.717) is 5.69 Å². The van der Waals surface area contributed by atoms with Crippen molar-refractivity contribution in [3.63, 3.8) is 0 Å². The molecular formula is C20H27NO4. The van der Waals surface area contributed by atoms with Gasteiger partial charge < -0.3 is 14.5 Å². The number of H-pyrrole nitrogens is 1. The monoisotopic (exact) mass is 345 g/mol. The van der Waals surface area contributed by atoms with Gasteiger partial charge in [0.25, 0.3) is 0 Å². The Morgan fingerprint density at radius 2 is 1.92 bits per heavy atom. The van der Waals surface area contributed by atoms with E-state index in [4.69, 9.17) is 9.47 Å². The van der Waals surface area contributed by atoms with Crippen LogP contribution in [0, 0.1) is 5.41 Å². The third-order valence-corrected chi connectivity index (χ3v) is 4.99. The molecule has 25 heavy (non-hydrogen) atoms. The summed E-state index contributed by atoms with van der Waals surface area (Å²) in [5.41, 5.74) is 2.93. The van der Waals surface area contributed by atoms with Crippen molar-refractivity contribution in [1.29, 1.82) is 0 Å². The number of ether oxygens (including phenoxy) is 2. The van der Waals surface area contributed by atoms with Crippen LogP contribution in [-0.4, -0.2) is 22.5 Å². The molecular weight excluding hydrogens is 318 g/mol. The maximum atomic E-state index is 12.8. The third-order valence-electron chi connectivity index (χ3n) is 4.99. The van der Waals surface area contributed by atoms with Crippen molar-refractivity contribution in [2.75, 3.05) is 0 Å². The fourth-order valence-corrected chi connectivity index (χ4v) is 4.06. The number of fused-ring (bicyclic) bond motifs is 1. The minimum Gasteiger partial charge on any atom is -0.459 e. The molecule has 5 nitrogen and oxygen atoms in total. The molecule has 1 N–H and O–H groups in total. The molecule has 3 aliphatic rings. The Kier molecular flexibility index (Phi) is 4.09. The number of allylic oxidation sites excluding steroid dienone is 2. The van der Waals surface area contributed by atoms with E-state index < -0.39 is 5.60 Å². The largest absolute Gasteiger partial charge is 0.459 e. The molecule has 0 saturated heterocycles. The van der Waals surface area contributed by atoms with E-state index in [-0.39, 0.29) is 35.8 Å². The van der Waals surface area contributed by atoms with E-state index in [0.717, 1.165) is 23.2 Å². The van der Waals surface area contributed by atoms with E-state index >= 15 is 0 Å². The van der Waals surface area contributed by atoms with Crippen LogP contribution in [0.15, 0.2) is 12.2 Å². The molecule has 2 unspecified atom stereocenters. The number of esters is 2. The summed E-state index contributed by atoms with van der Waals surface area (Å²) >= 11 is 0. The number of carbonyl (C=O) groups excluding carboxylic acids is 2. The zero-order chi connectivity index (χ0) is 18.6. The van der Waals surface area contributed by atoms with Gasteiger partial charge in [-0.25, -0.2) is 4.79 Å². The first kappa shape index (κ1) is 17.8. The number of hydrogen-bond donors (Lipinski definition) is 1. The van der Waals surface area contributed by atoms with Crippen molar-refractivity contribution >= 4 is 11.9 Å². The van der Waals surface area contributed by atoms with Crippen LogP contribution in [0.5, 0.6) is 0 Å². The standard InChI is InChI=1S/C20H27NO4/c1-11(22)24-10-14-15-12-7-8-13(20(5,6)9-12)16(15)17(21-14)18(23)25-19(2,3)4/h7-8,12-13,21H,9-10H2,1-6H3. The van der Waals surface area contributed by atoms with Gasteiger partial charge in [-0.05, 0) is 43.7 Å². The Bertz CT molecular complexity index is 748. The summed E-state index contributed by atoms with van der Waals surface area (Å²) < 4.78 is 10.8. The van der Waals surface area contributed by atoms with Crippen LogP contribution in [0.1, 0.15) is 87.1 Å². The number of nitrogens with one attached hydrogen (secondary N) is 1. The summed E-state index contributed by atoms with van der Waals surface area (Å²) in [5, 5.41) is 0. The second kappa shape index (κ2) is 5.75. The average Bonchev–Trinajstić information content (AvgIpc) is 2.83. The fourth-order valence-electron chi connectivity index (χ4n) is 4.06. The van der Waals surface area contributed by atoms with Crippen molar-refractivity contribution in [1.82, 2.24) is 4.98 Å². The highest BCUT2D eigenvalue weighted by Gasteiger charge is 2.46. The molecule has 5 heteroatoms. The molecule has 0 radical (unpaired) electrons. The maximum Gasteiger partial charge on any atom is 0.355 e. The normalized spacial score (nSPS) is 23.3. The molecule has 0 spiro atoms. The van der Waals surface area contributed by atoms with Crippen LogP contribution in [0.25, 0.3) is 0 Å². The molecule has 0 amide bonds. The van der Waals surface area contributed by atoms with E-state index in [2.05, 4.69) is 31.0 Å². The third kappa shape index (κ3) is 3.24. The van der Waals surface area contributed by atoms with Gasteiger partial charge in [-0.15, -0.1) is 0 Å². The second-order valence-corrected chi connectivity index (χ2v) is 8.75. The van der Waals surface area contributed by atoms with Gasteiger partial charge in [-0.3, -0.25) is 4.79 Å². The number of aromatic amines is 1. The maximum absolute atomic E-state index is 12.8. The summed E-state index contributed by atoms with van der Waals surface area (Å²) in [6.07, 6.45) is 5.43. The van der Waals surface area contributed by atoms with Gasteiger partial charge in [0.05, 0.1) is 5.69 Å². The number of carbonyl (C=O) groups is 2. The van der Waals surface area contributed by atoms with Gasteiger partial charge in [-0.1, -0.05) is 26.0 Å². The van der Waals surface area contributed by atoms with Crippen molar-refractivity contribution in [3.8, 4) is 0 Å². The molecule has 1 aromatic rings. The number of rotatable bonds is 3. The first-order chi connectivity index (χ1) is 11.5. The van der Waals surface area contributed by atoms with Gasteiger partial charge in [0.2, 0.25) is 0 Å². The van der Waals surface area contributed by atoms with Crippen LogP contribution in [0.4, 0.5) is 0 Å². The van der Waals surface area contributed by atoms with Gasteiger partial charge in [-0.2, -0.15) is 0 Å². The van der Waals surface area contributed by atoms with Gasteiger partial charge >= 0.3 is 11.9 Å². The first-order valence-corrected chi connectivity index (χ1v) is 8.79. The fraction of sp³-hybridized carbons (Fsp3) is 0.600. The lowest BCUT2D eigenvalue weighted by atomic mass is 9.59. The summed E-state index contributed by atoms with van der Waals surface area (Å²) in [7, 11) is 0. The Hall–Kier alpha value is -2.04. The smallest absolute Gasteiger partial charge is 0.355 e. The van der Waals surface area contributed by atoms with Gasteiger partial charge in [0.15, 0.2) is 0 Å². The van der Waals surface area contributed by atoms with Gasteiger partial charge in [0.1, 0.15) is 17.9 Å². The molecule has 2 bridgehead atoms. The molecule has 1 aromatic heterocycles. The topological polar surface area (TPSA) is 68.4 Å². The quantitative estimate of drug-likeness (QED) is 0.658. The zero-order valence-electron chi connectivity index (χ0n) is 15.9. The highest BCUT2D eigenvalue weighted by molar-refractivity contribution is 5.91. The van der Waals surface area contributed by atoms with Crippen LogP contribution in [-0.2, 0) is 20.9 Å². The molecule has 0 aromatic carbocycles. The van der Waals surface area contributed by atoms with Crippen molar-refractivity contribution < 1.29 is 19.1 Å². The Morgan fingerprint density at radius 1 is 1.24 bits per heavy atom. The SMILES string of the molecule is CC(=O)OCc1[nH]c(C(=O)OC(C)(C)C)c2c1C1C=CC2C(C)(C)C1. The first-order valence-electron chi connectivity index (χ1n) is 8.79. The van der Waals surface area contributed by atoms with Crippen molar-refractivity contribution in [2.45, 2.75) is 72.0 Å². The Morgan fingerprint density at radius 3 is 2.48 bits per heavy atom. The highest BCUT2D eigenvalue weighted by atomic mass is 16.6. The minimum atomic E-state index is -0.565. The lowest BCUT2D eigenvalue weighted by Gasteiger charge is -2.45. The molecule has 0 aliphatic heterocycles. The van der Waals surface area contributed by atoms with Gasteiger partial charge in [0, 0.05) is 18.8 Å². The average molecular weight is 345 g/mol. The molecule has 1 heterocycles. The molecule has 0 fully saturated rings. The van der Waals surface area contributed by atoms with E-state index in [1.54, 1.807) is 0 Å². The summed E-state index contributed by atoms with van der Waals surface area (Å²) in [4.78, 5) is 27.2. The lowest BCUT2D eigenvalue weighted by molar-refractivity contribution is -0.142. The van der Waals surface area contributed by atoms with Crippen LogP contribution >= 0.6 is 0 Å². The van der Waals surface area contributed by atoms with Crippen molar-refractivity contribution in [3.05, 3.63) is 34.7 Å². The Labute approximate surface area is 148 Å². The van der Waals surface area contributed by atoms with Crippen LogP contribution in [0.2, 0.25) is 0 Å². The number of hydrogen-bond acceptors (Lipinski definition) is 4. The van der Waals surface area contributed by atoms with E-state index in [1.165, 1.54) is 6.92 Å². The molecule has 0 saturated carbocycles. The van der Waals surface area contributed by atoms with Crippen LogP contribution in [0.3, 0.4) is 0 Å². The summed E-state index contributed by atoms with van der Waals surface area (Å²) in [5.74, 6) is -0.307. The van der Waals surface area contributed by atoms with E-state index in [9.17, 15) is 9.59 Å². The summed E-state index contributed by atoms with van der Waals surface area (Å²) in [6.45, 7) is 11.6. The van der Waals surface area contributed by atoms with Crippen LogP contribution < -0.4 is 0 Å². The highest BCUT2D eigenvalue weighted by Crippen LogP contribution is 2.57.